The fourth-order valence-corrected chi connectivity index (χ4v) is 4.04. The number of carboxylic acids is 1. The highest BCUT2D eigenvalue weighted by Gasteiger charge is 2.20. The summed E-state index contributed by atoms with van der Waals surface area (Å²) in [5, 5.41) is 11.2. The highest BCUT2D eigenvalue weighted by molar-refractivity contribution is 7.73. The van der Waals surface area contributed by atoms with Gasteiger partial charge in [-0.2, -0.15) is 0 Å². The molecule has 0 saturated heterocycles. The second-order valence-electron chi connectivity index (χ2n) is 3.99. The van der Waals surface area contributed by atoms with E-state index in [-0.39, 0.29) is 6.16 Å². The van der Waals surface area contributed by atoms with Gasteiger partial charge in [-0.1, -0.05) is 48.5 Å². The molecule has 3 nitrogen and oxygen atoms in total. The SMILES string of the molecule is COc1ccccc1P(CC(=O)O)c1ccccc1. The third-order valence-corrected chi connectivity index (χ3v) is 5.20. The molecule has 0 saturated carbocycles. The van der Waals surface area contributed by atoms with Gasteiger partial charge in [-0.15, -0.1) is 0 Å². The molecule has 1 N–H and O–H groups in total. The molecule has 98 valence electrons. The van der Waals surface area contributed by atoms with Gasteiger partial charge in [-0.3, -0.25) is 4.79 Å². The van der Waals surface area contributed by atoms with Gasteiger partial charge < -0.3 is 9.84 Å². The lowest BCUT2D eigenvalue weighted by Crippen LogP contribution is -2.19. The van der Waals surface area contributed by atoms with Crippen LogP contribution in [0, 0.1) is 0 Å². The van der Waals surface area contributed by atoms with E-state index in [4.69, 9.17) is 9.84 Å². The van der Waals surface area contributed by atoms with Crippen LogP contribution >= 0.6 is 7.92 Å². The molecule has 0 heterocycles. The topological polar surface area (TPSA) is 46.5 Å². The van der Waals surface area contributed by atoms with E-state index in [1.165, 1.54) is 0 Å². The molecule has 0 bridgehead atoms. The largest absolute Gasteiger partial charge is 0.496 e. The number of ether oxygens (including phenoxy) is 1. The zero-order valence-electron chi connectivity index (χ0n) is 10.6. The summed E-state index contributed by atoms with van der Waals surface area (Å²) in [4.78, 5) is 11.1. The molecule has 0 aliphatic heterocycles. The zero-order valence-corrected chi connectivity index (χ0v) is 11.5. The van der Waals surface area contributed by atoms with Crippen molar-refractivity contribution in [1.29, 1.82) is 0 Å². The van der Waals surface area contributed by atoms with Crippen molar-refractivity contribution in [3.63, 3.8) is 0 Å². The highest BCUT2D eigenvalue weighted by Crippen LogP contribution is 2.36. The second-order valence-corrected chi connectivity index (χ2v) is 6.16. The lowest BCUT2D eigenvalue weighted by atomic mass is 10.3. The lowest BCUT2D eigenvalue weighted by Gasteiger charge is -2.19. The third kappa shape index (κ3) is 3.33. The minimum atomic E-state index is -0.941. The van der Waals surface area contributed by atoms with Crippen molar-refractivity contribution in [1.82, 2.24) is 0 Å². The number of hydrogen-bond acceptors (Lipinski definition) is 2. The van der Waals surface area contributed by atoms with E-state index in [0.29, 0.717) is 0 Å². The number of carbonyl (C=O) groups is 1. The molecule has 0 spiro atoms. The maximum Gasteiger partial charge on any atom is 0.308 e. The molecule has 1 unspecified atom stereocenters. The van der Waals surface area contributed by atoms with Crippen molar-refractivity contribution in [2.24, 2.45) is 0 Å². The van der Waals surface area contributed by atoms with E-state index < -0.39 is 13.9 Å². The highest BCUT2D eigenvalue weighted by atomic mass is 31.1. The fraction of sp³-hybridized carbons (Fsp3) is 0.133. The van der Waals surface area contributed by atoms with Crippen LogP contribution in [0.2, 0.25) is 0 Å². The zero-order chi connectivity index (χ0) is 13.7. The molecule has 0 fully saturated rings. The first-order valence-corrected chi connectivity index (χ1v) is 7.42. The number of carboxylic acid groups (broad SMARTS) is 1. The first-order chi connectivity index (χ1) is 9.22. The Kier molecular flexibility index (Phi) is 4.53. The third-order valence-electron chi connectivity index (χ3n) is 2.74. The summed E-state index contributed by atoms with van der Waals surface area (Å²) in [6.07, 6.45) is 0.111. The van der Waals surface area contributed by atoms with E-state index in [0.717, 1.165) is 16.4 Å². The van der Waals surface area contributed by atoms with Crippen LogP contribution in [0.15, 0.2) is 54.6 Å². The van der Waals surface area contributed by atoms with E-state index in [2.05, 4.69) is 0 Å². The number of rotatable bonds is 5. The van der Waals surface area contributed by atoms with Crippen molar-refractivity contribution in [2.75, 3.05) is 13.3 Å². The van der Waals surface area contributed by atoms with E-state index >= 15 is 0 Å². The van der Waals surface area contributed by atoms with Crippen LogP contribution < -0.4 is 15.3 Å². The van der Waals surface area contributed by atoms with E-state index in [1.54, 1.807) is 7.11 Å². The summed E-state index contributed by atoms with van der Waals surface area (Å²) < 4.78 is 5.35. The average molecular weight is 274 g/mol. The van der Waals surface area contributed by atoms with Gasteiger partial charge in [0.05, 0.1) is 13.3 Å². The van der Waals surface area contributed by atoms with Crippen LogP contribution in [0.3, 0.4) is 0 Å². The van der Waals surface area contributed by atoms with Crippen LogP contribution in [-0.2, 0) is 4.79 Å². The van der Waals surface area contributed by atoms with Crippen LogP contribution in [0.5, 0.6) is 5.75 Å². The summed E-state index contributed by atoms with van der Waals surface area (Å²) >= 11 is 0. The second kappa shape index (κ2) is 6.35. The number of para-hydroxylation sites is 1. The standard InChI is InChI=1S/C15H15O3P/c1-18-13-9-5-6-10-14(13)19(11-15(16)17)12-7-3-2-4-8-12/h2-10H,11H2,1H3,(H,16,17). The van der Waals surface area contributed by atoms with Gasteiger partial charge in [-0.05, 0) is 19.3 Å². The van der Waals surface area contributed by atoms with Crippen molar-refractivity contribution >= 4 is 24.5 Å². The Labute approximate surface area is 113 Å². The molecular weight excluding hydrogens is 259 g/mol. The van der Waals surface area contributed by atoms with Gasteiger partial charge in [0.2, 0.25) is 0 Å². The van der Waals surface area contributed by atoms with Crippen molar-refractivity contribution in [3.05, 3.63) is 54.6 Å². The predicted octanol–water partition coefficient (Wildman–Crippen LogP) is 2.21. The Morgan fingerprint density at radius 1 is 1.11 bits per heavy atom. The molecule has 2 aromatic carbocycles. The molecule has 19 heavy (non-hydrogen) atoms. The number of aliphatic carboxylic acids is 1. The molecule has 2 aromatic rings. The van der Waals surface area contributed by atoms with Crippen LogP contribution in [0.1, 0.15) is 0 Å². The first kappa shape index (κ1) is 13.6. The van der Waals surface area contributed by atoms with E-state index in [9.17, 15) is 4.79 Å². The Morgan fingerprint density at radius 3 is 2.37 bits per heavy atom. The molecule has 0 aromatic heterocycles. The predicted molar refractivity (Wildman–Crippen MR) is 78.1 cm³/mol. The maximum absolute atomic E-state index is 11.1. The quantitative estimate of drug-likeness (QED) is 0.850. The van der Waals surface area contributed by atoms with Gasteiger partial charge >= 0.3 is 5.97 Å². The van der Waals surface area contributed by atoms with Crippen LogP contribution in [0.25, 0.3) is 0 Å². The van der Waals surface area contributed by atoms with Gasteiger partial charge in [0.25, 0.3) is 0 Å². The maximum atomic E-state index is 11.1. The average Bonchev–Trinajstić information content (AvgIpc) is 2.45. The number of methoxy groups -OCH3 is 1. The number of benzene rings is 2. The van der Waals surface area contributed by atoms with Gasteiger partial charge in [0, 0.05) is 5.30 Å². The van der Waals surface area contributed by atoms with Crippen molar-refractivity contribution in [3.8, 4) is 5.75 Å². The van der Waals surface area contributed by atoms with Gasteiger partial charge in [0.15, 0.2) is 0 Å². The Bertz CT molecular complexity index is 554. The van der Waals surface area contributed by atoms with Crippen molar-refractivity contribution < 1.29 is 14.6 Å². The number of hydrogen-bond donors (Lipinski definition) is 1. The molecule has 4 heteroatoms. The summed E-state index contributed by atoms with van der Waals surface area (Å²) in [7, 11) is 0.668. The normalized spacial score (nSPS) is 11.8. The van der Waals surface area contributed by atoms with Crippen LogP contribution in [0.4, 0.5) is 0 Å². The van der Waals surface area contributed by atoms with Crippen molar-refractivity contribution in [2.45, 2.75) is 0 Å². The molecular formula is C15H15O3P. The summed E-state index contributed by atoms with van der Waals surface area (Å²) in [5.41, 5.74) is 0. The minimum absolute atomic E-state index is 0.111. The summed E-state index contributed by atoms with van der Waals surface area (Å²) in [5.74, 6) is -0.0421. The molecule has 0 amide bonds. The molecule has 0 radical (unpaired) electrons. The fourth-order valence-electron chi connectivity index (χ4n) is 1.91. The van der Waals surface area contributed by atoms with Gasteiger partial charge in [0.1, 0.15) is 5.75 Å². The van der Waals surface area contributed by atoms with E-state index in [1.807, 2.05) is 54.6 Å². The Balaban J connectivity index is 2.46. The summed E-state index contributed by atoms with van der Waals surface area (Å²) in [6, 6.07) is 17.4. The Hall–Kier alpha value is -1.86. The Morgan fingerprint density at radius 2 is 1.74 bits per heavy atom. The monoisotopic (exact) mass is 274 g/mol. The molecule has 0 aliphatic rings. The smallest absolute Gasteiger partial charge is 0.308 e. The summed E-state index contributed by atoms with van der Waals surface area (Å²) in [6.45, 7) is 0. The molecule has 1 atom stereocenters. The lowest BCUT2D eigenvalue weighted by molar-refractivity contribution is -0.134. The van der Waals surface area contributed by atoms with Gasteiger partial charge in [-0.25, -0.2) is 0 Å². The minimum Gasteiger partial charge on any atom is -0.496 e. The first-order valence-electron chi connectivity index (χ1n) is 5.90. The molecule has 2 rings (SSSR count). The molecule has 0 aliphatic carbocycles. The van der Waals surface area contributed by atoms with Crippen LogP contribution in [-0.4, -0.2) is 24.3 Å².